The van der Waals surface area contributed by atoms with Gasteiger partial charge in [0.1, 0.15) is 0 Å². The minimum atomic E-state index is -0.250. The van der Waals surface area contributed by atoms with Gasteiger partial charge in [-0.05, 0) is 6.92 Å². The molecule has 2 N–H and O–H groups in total. The van der Waals surface area contributed by atoms with Crippen molar-refractivity contribution in [3.05, 3.63) is 0 Å². The van der Waals surface area contributed by atoms with Crippen LogP contribution in [-0.4, -0.2) is 36.5 Å². The van der Waals surface area contributed by atoms with Crippen molar-refractivity contribution in [1.82, 2.24) is 0 Å². The summed E-state index contributed by atoms with van der Waals surface area (Å²) in [6.07, 6.45) is 0. The molecule has 0 heterocycles. The van der Waals surface area contributed by atoms with Gasteiger partial charge in [-0.25, -0.2) is 0 Å². The third-order valence-electron chi connectivity index (χ3n) is 0.440. The summed E-state index contributed by atoms with van der Waals surface area (Å²) in [6.45, 7) is 2.94. The topological polar surface area (TPSA) is 66.8 Å². The van der Waals surface area contributed by atoms with Crippen LogP contribution in [0.5, 0.6) is 0 Å². The first kappa shape index (κ1) is 11.2. The molecular weight excluding hydrogens is 124 g/mol. The molecular formula is C5H12O4. The van der Waals surface area contributed by atoms with E-state index >= 15 is 0 Å². The summed E-state index contributed by atoms with van der Waals surface area (Å²) in [7, 11) is 0. The smallest absolute Gasteiger partial charge is 0.290 e. The van der Waals surface area contributed by atoms with Gasteiger partial charge in [0.15, 0.2) is 0 Å². The van der Waals surface area contributed by atoms with E-state index in [1.54, 1.807) is 0 Å². The van der Waals surface area contributed by atoms with Gasteiger partial charge >= 0.3 is 0 Å². The van der Waals surface area contributed by atoms with Crippen LogP contribution in [-0.2, 0) is 9.53 Å². The number of aliphatic hydroxyl groups is 1. The van der Waals surface area contributed by atoms with Gasteiger partial charge in [0.2, 0.25) is 0 Å². The van der Waals surface area contributed by atoms with Crippen molar-refractivity contribution < 1.29 is 19.7 Å². The first-order valence-electron chi connectivity index (χ1n) is 2.59. The van der Waals surface area contributed by atoms with Crippen molar-refractivity contribution in [1.29, 1.82) is 0 Å². The minimum absolute atomic E-state index is 0.133. The molecule has 56 valence electrons. The van der Waals surface area contributed by atoms with E-state index in [0.29, 0.717) is 13.2 Å². The standard InChI is InChI=1S/C4H10O2.CH2O2/c1-2-6-4-3-5;2-1-3/h5H,2-4H2,1H3;1H,(H,2,3). The zero-order valence-electron chi connectivity index (χ0n) is 5.41. The predicted octanol–water partition coefficient (Wildman–Crippen LogP) is -0.284. The zero-order valence-corrected chi connectivity index (χ0v) is 5.41. The molecule has 0 spiro atoms. The van der Waals surface area contributed by atoms with Crippen LogP contribution in [0.4, 0.5) is 0 Å². The average Bonchev–Trinajstić information content (AvgIpc) is 1.86. The highest BCUT2D eigenvalue weighted by Gasteiger charge is 1.73. The number of carbonyl (C=O) groups is 1. The molecule has 0 atom stereocenters. The largest absolute Gasteiger partial charge is 0.483 e. The second-order valence-corrected chi connectivity index (χ2v) is 1.03. The van der Waals surface area contributed by atoms with Crippen LogP contribution in [0.15, 0.2) is 0 Å². The number of rotatable bonds is 3. The van der Waals surface area contributed by atoms with Gasteiger partial charge in [0, 0.05) is 6.61 Å². The number of hydrogen-bond donors (Lipinski definition) is 2. The van der Waals surface area contributed by atoms with Gasteiger partial charge < -0.3 is 14.9 Å². The molecule has 9 heavy (non-hydrogen) atoms. The highest BCUT2D eigenvalue weighted by Crippen LogP contribution is 1.66. The fourth-order valence-corrected chi connectivity index (χ4v) is 0.209. The van der Waals surface area contributed by atoms with E-state index in [2.05, 4.69) is 0 Å². The van der Waals surface area contributed by atoms with Crippen LogP contribution in [0.1, 0.15) is 6.92 Å². The molecule has 0 radical (unpaired) electrons. The minimum Gasteiger partial charge on any atom is -0.483 e. The molecule has 0 fully saturated rings. The third-order valence-corrected chi connectivity index (χ3v) is 0.440. The van der Waals surface area contributed by atoms with Crippen molar-refractivity contribution in [2.75, 3.05) is 19.8 Å². The number of carboxylic acid groups (broad SMARTS) is 1. The molecule has 0 unspecified atom stereocenters. The van der Waals surface area contributed by atoms with Crippen LogP contribution in [0, 0.1) is 0 Å². The summed E-state index contributed by atoms with van der Waals surface area (Å²) >= 11 is 0. The van der Waals surface area contributed by atoms with Crippen LogP contribution < -0.4 is 0 Å². The lowest BCUT2D eigenvalue weighted by molar-refractivity contribution is -0.122. The molecule has 0 rings (SSSR count). The molecule has 0 aromatic rings. The Kier molecular flexibility index (Phi) is 19.5. The summed E-state index contributed by atoms with van der Waals surface area (Å²) in [5.74, 6) is 0. The molecule has 0 aromatic carbocycles. The Hall–Kier alpha value is -0.610. The van der Waals surface area contributed by atoms with Crippen molar-refractivity contribution in [3.8, 4) is 0 Å². The van der Waals surface area contributed by atoms with Crippen LogP contribution in [0.2, 0.25) is 0 Å². The molecule has 0 aliphatic heterocycles. The highest BCUT2D eigenvalue weighted by atomic mass is 16.5. The first-order chi connectivity index (χ1) is 4.33. The lowest BCUT2D eigenvalue weighted by Crippen LogP contribution is -1.96. The molecule has 0 aliphatic carbocycles. The maximum Gasteiger partial charge on any atom is 0.290 e. The summed E-state index contributed by atoms with van der Waals surface area (Å²) in [6, 6.07) is 0. The zero-order chi connectivity index (χ0) is 7.54. The van der Waals surface area contributed by atoms with Crippen molar-refractivity contribution >= 4 is 6.47 Å². The Morgan fingerprint density at radius 1 is 1.67 bits per heavy atom. The summed E-state index contributed by atoms with van der Waals surface area (Å²) in [4.78, 5) is 8.36. The van der Waals surface area contributed by atoms with Crippen LogP contribution >= 0.6 is 0 Å². The van der Waals surface area contributed by atoms with Gasteiger partial charge in [-0.15, -0.1) is 0 Å². The second kappa shape index (κ2) is 15.7. The normalized spacial score (nSPS) is 7.33. The van der Waals surface area contributed by atoms with Gasteiger partial charge in [0.05, 0.1) is 13.2 Å². The number of hydrogen-bond acceptors (Lipinski definition) is 3. The van der Waals surface area contributed by atoms with Crippen LogP contribution in [0.25, 0.3) is 0 Å². The second-order valence-electron chi connectivity index (χ2n) is 1.03. The van der Waals surface area contributed by atoms with E-state index in [-0.39, 0.29) is 13.1 Å². The molecule has 0 amide bonds. The Bertz CT molecular complexity index is 42.2. The maximum absolute atomic E-state index is 8.36. The quantitative estimate of drug-likeness (QED) is 0.413. The molecule has 0 bridgehead atoms. The van der Waals surface area contributed by atoms with Gasteiger partial charge in [0.25, 0.3) is 6.47 Å². The Morgan fingerprint density at radius 2 is 2.11 bits per heavy atom. The molecule has 0 aliphatic rings. The Balaban J connectivity index is 0. The lowest BCUT2D eigenvalue weighted by Gasteiger charge is -1.91. The fraction of sp³-hybridized carbons (Fsp3) is 0.800. The van der Waals surface area contributed by atoms with E-state index in [0.717, 1.165) is 0 Å². The number of aliphatic hydroxyl groups excluding tert-OH is 1. The maximum atomic E-state index is 8.36. The molecule has 4 heteroatoms. The van der Waals surface area contributed by atoms with Crippen molar-refractivity contribution in [2.45, 2.75) is 6.92 Å². The van der Waals surface area contributed by atoms with Crippen LogP contribution in [0.3, 0.4) is 0 Å². The average molecular weight is 136 g/mol. The van der Waals surface area contributed by atoms with E-state index in [9.17, 15) is 0 Å². The van der Waals surface area contributed by atoms with Crippen molar-refractivity contribution in [3.63, 3.8) is 0 Å². The van der Waals surface area contributed by atoms with Crippen molar-refractivity contribution in [2.24, 2.45) is 0 Å². The predicted molar refractivity (Wildman–Crippen MR) is 32.3 cm³/mol. The first-order valence-corrected chi connectivity index (χ1v) is 2.59. The van der Waals surface area contributed by atoms with Gasteiger partial charge in [-0.2, -0.15) is 0 Å². The third kappa shape index (κ3) is 37.6. The SMILES string of the molecule is CCOCCO.O=CO. The molecule has 0 saturated heterocycles. The van der Waals surface area contributed by atoms with E-state index < -0.39 is 0 Å². The summed E-state index contributed by atoms with van der Waals surface area (Å²) < 4.78 is 4.73. The Labute approximate surface area is 54.1 Å². The molecule has 0 aromatic heterocycles. The van der Waals surface area contributed by atoms with Gasteiger partial charge in [-0.3, -0.25) is 4.79 Å². The highest BCUT2D eigenvalue weighted by molar-refractivity contribution is 5.32. The molecule has 0 saturated carbocycles. The number of ether oxygens (including phenoxy) is 1. The Morgan fingerprint density at radius 3 is 2.22 bits per heavy atom. The summed E-state index contributed by atoms with van der Waals surface area (Å²) in [5.41, 5.74) is 0. The summed E-state index contributed by atoms with van der Waals surface area (Å²) in [5, 5.41) is 15.0. The van der Waals surface area contributed by atoms with Gasteiger partial charge in [-0.1, -0.05) is 0 Å². The van der Waals surface area contributed by atoms with E-state index in [4.69, 9.17) is 19.7 Å². The fourth-order valence-electron chi connectivity index (χ4n) is 0.209. The van der Waals surface area contributed by atoms with E-state index in [1.807, 2.05) is 6.92 Å². The molecule has 4 nitrogen and oxygen atoms in total. The lowest BCUT2D eigenvalue weighted by atomic mass is 10.8. The monoisotopic (exact) mass is 136 g/mol. The van der Waals surface area contributed by atoms with E-state index in [1.165, 1.54) is 0 Å².